The first kappa shape index (κ1) is 11.4. The second-order valence-electron chi connectivity index (χ2n) is 3.81. The number of thiazole rings is 1. The molecule has 0 bridgehead atoms. The van der Waals surface area contributed by atoms with Crippen LogP contribution in [0.15, 0.2) is 28.2 Å². The largest absolute Gasteiger partial charge is 0.462 e. The van der Waals surface area contributed by atoms with Crippen LogP contribution in [0, 0.1) is 0 Å². The van der Waals surface area contributed by atoms with Gasteiger partial charge in [-0.2, -0.15) is 0 Å². The summed E-state index contributed by atoms with van der Waals surface area (Å²) in [5, 5.41) is 6.45. The molecule has 1 atom stereocenters. The first-order valence-corrected chi connectivity index (χ1v) is 6.39. The minimum absolute atomic E-state index is 0.536. The summed E-state index contributed by atoms with van der Waals surface area (Å²) in [6.07, 6.45) is 2.81. The highest BCUT2D eigenvalue weighted by atomic mass is 32.1. The van der Waals surface area contributed by atoms with Crippen LogP contribution in [0.5, 0.6) is 0 Å². The number of nitrogens with zero attached hydrogens (tertiary/aromatic N) is 1. The van der Waals surface area contributed by atoms with E-state index in [0.717, 1.165) is 29.4 Å². The lowest BCUT2D eigenvalue weighted by Gasteiger charge is -2.08. The van der Waals surface area contributed by atoms with Crippen LogP contribution >= 0.6 is 11.3 Å². The van der Waals surface area contributed by atoms with E-state index in [1.54, 1.807) is 17.6 Å². The van der Waals surface area contributed by atoms with E-state index in [-0.39, 0.29) is 0 Å². The van der Waals surface area contributed by atoms with E-state index in [0.29, 0.717) is 6.04 Å². The van der Waals surface area contributed by atoms with Crippen molar-refractivity contribution in [2.24, 2.45) is 0 Å². The Labute approximate surface area is 99.5 Å². The van der Waals surface area contributed by atoms with Gasteiger partial charge in [-0.05, 0) is 25.5 Å². The second-order valence-corrected chi connectivity index (χ2v) is 4.67. The molecule has 1 N–H and O–H groups in total. The van der Waals surface area contributed by atoms with E-state index in [1.807, 2.05) is 12.1 Å². The Morgan fingerprint density at radius 2 is 2.44 bits per heavy atom. The van der Waals surface area contributed by atoms with Crippen LogP contribution in [0.2, 0.25) is 0 Å². The van der Waals surface area contributed by atoms with Crippen molar-refractivity contribution < 1.29 is 4.42 Å². The van der Waals surface area contributed by atoms with Crippen molar-refractivity contribution >= 4 is 11.3 Å². The van der Waals surface area contributed by atoms with E-state index in [9.17, 15) is 0 Å². The zero-order valence-electron chi connectivity index (χ0n) is 9.56. The van der Waals surface area contributed by atoms with Gasteiger partial charge in [-0.25, -0.2) is 4.98 Å². The van der Waals surface area contributed by atoms with Crippen LogP contribution in [-0.4, -0.2) is 11.0 Å². The molecule has 2 heterocycles. The van der Waals surface area contributed by atoms with Crippen LogP contribution in [0.1, 0.15) is 26.0 Å². The highest BCUT2D eigenvalue weighted by Gasteiger charge is 2.07. The number of hydrogen-bond donors (Lipinski definition) is 1. The van der Waals surface area contributed by atoms with Crippen LogP contribution in [0.4, 0.5) is 0 Å². The lowest BCUT2D eigenvalue weighted by molar-refractivity contribution is 0.530. The zero-order chi connectivity index (χ0) is 11.4. The Morgan fingerprint density at radius 1 is 1.56 bits per heavy atom. The van der Waals surface area contributed by atoms with Crippen LogP contribution < -0.4 is 5.32 Å². The summed E-state index contributed by atoms with van der Waals surface area (Å²) in [5.41, 5.74) is 1.08. The summed E-state index contributed by atoms with van der Waals surface area (Å²) < 4.78 is 5.31. The quantitative estimate of drug-likeness (QED) is 0.865. The Balaban J connectivity index is 1.98. The monoisotopic (exact) mass is 236 g/mol. The summed E-state index contributed by atoms with van der Waals surface area (Å²) >= 11 is 1.62. The minimum atomic E-state index is 0.536. The molecular weight excluding hydrogens is 220 g/mol. The van der Waals surface area contributed by atoms with Crippen molar-refractivity contribution in [3.63, 3.8) is 0 Å². The number of furan rings is 1. The summed E-state index contributed by atoms with van der Waals surface area (Å²) in [5.74, 6) is 0.847. The summed E-state index contributed by atoms with van der Waals surface area (Å²) in [6.45, 7) is 5.18. The number of aromatic nitrogens is 1. The molecule has 2 aromatic rings. The maximum absolute atomic E-state index is 5.31. The number of rotatable bonds is 5. The lowest BCUT2D eigenvalue weighted by Crippen LogP contribution is -2.24. The average Bonchev–Trinajstić information content (AvgIpc) is 2.95. The van der Waals surface area contributed by atoms with Crippen molar-refractivity contribution in [2.75, 3.05) is 0 Å². The van der Waals surface area contributed by atoms with Gasteiger partial charge in [0, 0.05) is 18.0 Å². The fourth-order valence-electron chi connectivity index (χ4n) is 1.32. The molecule has 0 aliphatic carbocycles. The number of nitrogens with one attached hydrogen (secondary N) is 1. The minimum Gasteiger partial charge on any atom is -0.462 e. The molecule has 86 valence electrons. The Kier molecular flexibility index (Phi) is 3.74. The summed E-state index contributed by atoms with van der Waals surface area (Å²) in [6, 6.07) is 4.35. The van der Waals surface area contributed by atoms with Crippen molar-refractivity contribution in [1.82, 2.24) is 10.3 Å². The lowest BCUT2D eigenvalue weighted by atomic mass is 10.2. The Morgan fingerprint density at radius 3 is 3.12 bits per heavy atom. The van der Waals surface area contributed by atoms with E-state index >= 15 is 0 Å². The maximum atomic E-state index is 5.31. The summed E-state index contributed by atoms with van der Waals surface area (Å²) in [7, 11) is 0. The molecule has 0 amide bonds. The van der Waals surface area contributed by atoms with E-state index < -0.39 is 0 Å². The van der Waals surface area contributed by atoms with Gasteiger partial charge in [-0.1, -0.05) is 6.92 Å². The fraction of sp³-hybridized carbons (Fsp3) is 0.417. The molecule has 3 nitrogen and oxygen atoms in total. The van der Waals surface area contributed by atoms with Crippen molar-refractivity contribution in [3.8, 4) is 10.8 Å². The van der Waals surface area contributed by atoms with Gasteiger partial charge in [-0.3, -0.25) is 0 Å². The Bertz CT molecular complexity index is 422. The molecule has 2 rings (SSSR count). The molecule has 16 heavy (non-hydrogen) atoms. The second kappa shape index (κ2) is 5.27. The van der Waals surface area contributed by atoms with E-state index in [2.05, 4.69) is 29.5 Å². The number of hydrogen-bond acceptors (Lipinski definition) is 4. The predicted molar refractivity (Wildman–Crippen MR) is 66.4 cm³/mol. The molecule has 0 aliphatic heterocycles. The molecule has 0 aliphatic rings. The van der Waals surface area contributed by atoms with Gasteiger partial charge in [0.05, 0.1) is 12.0 Å². The van der Waals surface area contributed by atoms with Gasteiger partial charge in [0.15, 0.2) is 10.8 Å². The first-order valence-electron chi connectivity index (χ1n) is 5.51. The van der Waals surface area contributed by atoms with Crippen LogP contribution in [0.25, 0.3) is 10.8 Å². The van der Waals surface area contributed by atoms with E-state index in [4.69, 9.17) is 4.42 Å². The standard InChI is InChI=1S/C12H16N2OS/c1-3-9(2)13-7-10-8-16-12(14-10)11-5-4-6-15-11/h4-6,8-9,13H,3,7H2,1-2H3. The van der Waals surface area contributed by atoms with Gasteiger partial charge in [-0.15, -0.1) is 11.3 Å². The third-order valence-electron chi connectivity index (χ3n) is 2.53. The fourth-order valence-corrected chi connectivity index (χ4v) is 2.11. The van der Waals surface area contributed by atoms with Crippen LogP contribution in [0.3, 0.4) is 0 Å². The molecule has 2 aromatic heterocycles. The van der Waals surface area contributed by atoms with Crippen molar-refractivity contribution in [1.29, 1.82) is 0 Å². The van der Waals surface area contributed by atoms with Crippen LogP contribution in [-0.2, 0) is 6.54 Å². The van der Waals surface area contributed by atoms with E-state index in [1.165, 1.54) is 0 Å². The molecule has 0 saturated heterocycles. The van der Waals surface area contributed by atoms with Crippen molar-refractivity contribution in [2.45, 2.75) is 32.9 Å². The maximum Gasteiger partial charge on any atom is 0.162 e. The van der Waals surface area contributed by atoms with Gasteiger partial charge in [0.1, 0.15) is 0 Å². The van der Waals surface area contributed by atoms with Crippen molar-refractivity contribution in [3.05, 3.63) is 29.5 Å². The molecule has 1 unspecified atom stereocenters. The first-order chi connectivity index (χ1) is 7.79. The third-order valence-corrected chi connectivity index (χ3v) is 3.43. The van der Waals surface area contributed by atoms with Gasteiger partial charge in [0.25, 0.3) is 0 Å². The molecule has 0 fully saturated rings. The molecule has 4 heteroatoms. The normalized spacial score (nSPS) is 12.9. The third kappa shape index (κ3) is 2.71. The topological polar surface area (TPSA) is 38.1 Å². The molecule has 0 spiro atoms. The highest BCUT2D eigenvalue weighted by molar-refractivity contribution is 7.13. The molecule has 0 saturated carbocycles. The SMILES string of the molecule is CCC(C)NCc1csc(-c2ccco2)n1. The molecule has 0 radical (unpaired) electrons. The summed E-state index contributed by atoms with van der Waals surface area (Å²) in [4.78, 5) is 4.52. The Hall–Kier alpha value is -1.13. The molecule has 0 aromatic carbocycles. The van der Waals surface area contributed by atoms with Gasteiger partial charge in [0.2, 0.25) is 0 Å². The zero-order valence-corrected chi connectivity index (χ0v) is 10.4. The highest BCUT2D eigenvalue weighted by Crippen LogP contribution is 2.23. The van der Waals surface area contributed by atoms with Gasteiger partial charge < -0.3 is 9.73 Å². The van der Waals surface area contributed by atoms with Gasteiger partial charge >= 0.3 is 0 Å². The average molecular weight is 236 g/mol. The molecular formula is C12H16N2OS. The smallest absolute Gasteiger partial charge is 0.162 e. The predicted octanol–water partition coefficient (Wildman–Crippen LogP) is 3.29.